The molecule has 0 aliphatic heterocycles. The molecule has 0 unspecified atom stereocenters. The second-order valence-electron chi connectivity index (χ2n) is 5.75. The number of nitrogens with zero attached hydrogens (tertiary/aromatic N) is 2. The number of imidazole rings is 1. The molecule has 0 bridgehead atoms. The maximum absolute atomic E-state index is 5.67. The van der Waals surface area contributed by atoms with Crippen molar-refractivity contribution in [1.29, 1.82) is 0 Å². The van der Waals surface area contributed by atoms with Crippen molar-refractivity contribution in [2.75, 3.05) is 6.54 Å². The Morgan fingerprint density at radius 2 is 1.95 bits per heavy atom. The van der Waals surface area contributed by atoms with E-state index in [0.717, 1.165) is 17.9 Å². The van der Waals surface area contributed by atoms with Gasteiger partial charge < -0.3 is 10.3 Å². The summed E-state index contributed by atoms with van der Waals surface area (Å²) < 4.78 is 2.17. The highest BCUT2D eigenvalue weighted by Crippen LogP contribution is 2.29. The van der Waals surface area contributed by atoms with Gasteiger partial charge in [0, 0.05) is 24.7 Å². The van der Waals surface area contributed by atoms with E-state index < -0.39 is 0 Å². The Morgan fingerprint density at radius 3 is 2.70 bits per heavy atom. The van der Waals surface area contributed by atoms with Crippen molar-refractivity contribution in [3.8, 4) is 11.3 Å². The topological polar surface area (TPSA) is 43.8 Å². The van der Waals surface area contributed by atoms with E-state index in [9.17, 15) is 0 Å². The van der Waals surface area contributed by atoms with Crippen molar-refractivity contribution in [1.82, 2.24) is 9.55 Å². The normalized spacial score (nSPS) is 14.3. The molecule has 0 radical (unpaired) electrons. The van der Waals surface area contributed by atoms with Gasteiger partial charge in [0.05, 0.1) is 5.69 Å². The molecular weight excluding hydrogens is 246 g/mol. The lowest BCUT2D eigenvalue weighted by molar-refractivity contribution is 0.686. The number of hydrogen-bond acceptors (Lipinski definition) is 2. The molecule has 2 N–H and O–H groups in total. The van der Waals surface area contributed by atoms with Crippen molar-refractivity contribution >= 4 is 0 Å². The summed E-state index contributed by atoms with van der Waals surface area (Å²) in [6.45, 7) is 2.79. The highest BCUT2D eigenvalue weighted by Gasteiger charge is 2.15. The van der Waals surface area contributed by atoms with E-state index in [1.165, 1.54) is 48.1 Å². The van der Waals surface area contributed by atoms with Gasteiger partial charge in [-0.25, -0.2) is 4.98 Å². The van der Waals surface area contributed by atoms with Crippen molar-refractivity contribution in [2.45, 2.75) is 39.0 Å². The largest absolute Gasteiger partial charge is 0.335 e. The van der Waals surface area contributed by atoms with E-state index in [2.05, 4.69) is 36.7 Å². The average Bonchev–Trinajstić information content (AvgIpc) is 2.76. The molecule has 3 nitrogen and oxygen atoms in total. The maximum atomic E-state index is 5.67. The molecule has 3 rings (SSSR count). The fourth-order valence-corrected chi connectivity index (χ4v) is 3.14. The quantitative estimate of drug-likeness (QED) is 0.931. The Kier molecular flexibility index (Phi) is 3.62. The lowest BCUT2D eigenvalue weighted by Crippen LogP contribution is -2.08. The molecule has 1 aromatic carbocycles. The lowest BCUT2D eigenvalue weighted by Gasteiger charge is -2.16. The highest BCUT2D eigenvalue weighted by molar-refractivity contribution is 5.64. The molecule has 1 aromatic heterocycles. The summed E-state index contributed by atoms with van der Waals surface area (Å²) in [7, 11) is 2.08. The molecule has 1 aliphatic carbocycles. The number of benzene rings is 1. The van der Waals surface area contributed by atoms with Crippen molar-refractivity contribution in [3.05, 3.63) is 40.8 Å². The molecule has 106 valence electrons. The van der Waals surface area contributed by atoms with Gasteiger partial charge in [0.15, 0.2) is 0 Å². The van der Waals surface area contributed by atoms with Crippen molar-refractivity contribution < 1.29 is 0 Å². The molecule has 2 aromatic rings. The minimum Gasteiger partial charge on any atom is -0.335 e. The van der Waals surface area contributed by atoms with Crippen LogP contribution >= 0.6 is 0 Å². The van der Waals surface area contributed by atoms with Gasteiger partial charge in [0.1, 0.15) is 5.82 Å². The number of aromatic nitrogens is 2. The van der Waals surface area contributed by atoms with E-state index in [4.69, 9.17) is 10.7 Å². The Morgan fingerprint density at radius 1 is 1.20 bits per heavy atom. The SMILES string of the molecule is Cc1c(-c2ccc3c(c2)CCCC3)nc(CCN)n1C. The smallest absolute Gasteiger partial charge is 0.110 e. The Balaban J connectivity index is 2.02. The third-order valence-electron chi connectivity index (χ3n) is 4.46. The van der Waals surface area contributed by atoms with Crippen LogP contribution in [-0.2, 0) is 26.3 Å². The van der Waals surface area contributed by atoms with Crippen molar-refractivity contribution in [3.63, 3.8) is 0 Å². The molecule has 1 aliphatic rings. The molecule has 0 saturated carbocycles. The molecule has 3 heteroatoms. The van der Waals surface area contributed by atoms with Crippen LogP contribution in [0.15, 0.2) is 18.2 Å². The zero-order chi connectivity index (χ0) is 14.1. The molecular formula is C17H23N3. The van der Waals surface area contributed by atoms with E-state index in [0.29, 0.717) is 6.54 Å². The molecule has 0 atom stereocenters. The van der Waals surface area contributed by atoms with Gasteiger partial charge in [0.2, 0.25) is 0 Å². The Labute approximate surface area is 120 Å². The highest BCUT2D eigenvalue weighted by atomic mass is 15.1. The van der Waals surface area contributed by atoms with Gasteiger partial charge in [-0.3, -0.25) is 0 Å². The first-order valence-electron chi connectivity index (χ1n) is 7.55. The predicted molar refractivity (Wildman–Crippen MR) is 82.8 cm³/mol. The fourth-order valence-electron chi connectivity index (χ4n) is 3.14. The van der Waals surface area contributed by atoms with Crippen LogP contribution < -0.4 is 5.73 Å². The summed E-state index contributed by atoms with van der Waals surface area (Å²) >= 11 is 0. The van der Waals surface area contributed by atoms with E-state index in [-0.39, 0.29) is 0 Å². The summed E-state index contributed by atoms with van der Waals surface area (Å²) in [5.74, 6) is 1.08. The van der Waals surface area contributed by atoms with E-state index in [1.54, 1.807) is 0 Å². The van der Waals surface area contributed by atoms with Gasteiger partial charge in [-0.1, -0.05) is 12.1 Å². The zero-order valence-electron chi connectivity index (χ0n) is 12.4. The summed E-state index contributed by atoms with van der Waals surface area (Å²) in [5.41, 5.74) is 12.3. The number of aryl methyl sites for hydroxylation is 2. The van der Waals surface area contributed by atoms with Gasteiger partial charge in [0.25, 0.3) is 0 Å². The second-order valence-corrected chi connectivity index (χ2v) is 5.75. The number of nitrogens with two attached hydrogens (primary N) is 1. The van der Waals surface area contributed by atoms with Gasteiger partial charge in [-0.2, -0.15) is 0 Å². The van der Waals surface area contributed by atoms with Crippen molar-refractivity contribution in [2.24, 2.45) is 12.8 Å². The maximum Gasteiger partial charge on any atom is 0.110 e. The molecule has 1 heterocycles. The standard InChI is InChI=1S/C17H23N3/c1-12-17(19-16(9-10-18)20(12)2)15-8-7-13-5-3-4-6-14(13)11-15/h7-8,11H,3-6,9-10,18H2,1-2H3. The first-order valence-corrected chi connectivity index (χ1v) is 7.55. The second kappa shape index (κ2) is 5.41. The minimum absolute atomic E-state index is 0.647. The number of fused-ring (bicyclic) bond motifs is 1. The monoisotopic (exact) mass is 269 g/mol. The summed E-state index contributed by atoms with van der Waals surface area (Å²) in [4.78, 5) is 4.80. The van der Waals surface area contributed by atoms with Gasteiger partial charge in [-0.05, 0) is 56.3 Å². The predicted octanol–water partition coefficient (Wildman–Crippen LogP) is 2.78. The van der Waals surface area contributed by atoms with Crippen LogP contribution in [0.2, 0.25) is 0 Å². The van der Waals surface area contributed by atoms with Crippen LogP contribution in [0.3, 0.4) is 0 Å². The van der Waals surface area contributed by atoms with E-state index >= 15 is 0 Å². The van der Waals surface area contributed by atoms with Crippen LogP contribution in [-0.4, -0.2) is 16.1 Å². The molecule has 20 heavy (non-hydrogen) atoms. The average molecular weight is 269 g/mol. The van der Waals surface area contributed by atoms with Gasteiger partial charge >= 0.3 is 0 Å². The van der Waals surface area contributed by atoms with E-state index in [1.807, 2.05) is 0 Å². The fraction of sp³-hybridized carbons (Fsp3) is 0.471. The Bertz CT molecular complexity index is 625. The third-order valence-corrected chi connectivity index (χ3v) is 4.46. The number of rotatable bonds is 3. The summed E-state index contributed by atoms with van der Waals surface area (Å²) in [6.07, 6.45) is 5.92. The third kappa shape index (κ3) is 2.27. The van der Waals surface area contributed by atoms with Gasteiger partial charge in [-0.15, -0.1) is 0 Å². The summed E-state index contributed by atoms with van der Waals surface area (Å²) in [5, 5.41) is 0. The lowest BCUT2D eigenvalue weighted by atomic mass is 9.90. The van der Waals surface area contributed by atoms with Crippen LogP contribution in [0.1, 0.15) is 35.5 Å². The Hall–Kier alpha value is -1.61. The molecule has 0 amide bonds. The summed E-state index contributed by atoms with van der Waals surface area (Å²) in [6, 6.07) is 6.86. The van der Waals surface area contributed by atoms with Crippen LogP contribution in [0, 0.1) is 6.92 Å². The van der Waals surface area contributed by atoms with Crippen LogP contribution in [0.5, 0.6) is 0 Å². The van der Waals surface area contributed by atoms with Crippen LogP contribution in [0.4, 0.5) is 0 Å². The first-order chi connectivity index (χ1) is 9.70. The molecule has 0 spiro atoms. The van der Waals surface area contributed by atoms with Crippen LogP contribution in [0.25, 0.3) is 11.3 Å². The number of hydrogen-bond donors (Lipinski definition) is 1. The first kappa shape index (κ1) is 13.4. The minimum atomic E-state index is 0.647. The molecule has 0 saturated heterocycles. The zero-order valence-corrected chi connectivity index (χ0v) is 12.4. The molecule has 0 fully saturated rings.